The molecule has 0 unspecified atom stereocenters. The van der Waals surface area contributed by atoms with Crippen molar-refractivity contribution >= 4 is 18.4 Å². The minimum Gasteiger partial charge on any atom is -0.379 e. The first-order valence-corrected chi connectivity index (χ1v) is 2.12. The largest absolute Gasteiger partial charge is 0.379 e. The molecular formula is C4H10ClNO3. The van der Waals surface area contributed by atoms with E-state index >= 15 is 0 Å². The van der Waals surface area contributed by atoms with Gasteiger partial charge in [-0.25, -0.2) is 4.79 Å². The Hall–Kier alpha value is -0.320. The fraction of sp³-hybridized carbons (Fsp3) is 0.750. The van der Waals surface area contributed by atoms with E-state index in [1.807, 2.05) is 0 Å². The van der Waals surface area contributed by atoms with Crippen LogP contribution in [-0.4, -0.2) is 16.7 Å². The van der Waals surface area contributed by atoms with Gasteiger partial charge in [0.05, 0.1) is 0 Å². The molecule has 5 heteroatoms. The number of halogens is 1. The normalized spacial score (nSPS) is 9.78. The molecule has 0 atom stereocenters. The zero-order chi connectivity index (χ0) is 6.78. The maximum Gasteiger partial charge on any atom is 0.355 e. The Kier molecular flexibility index (Phi) is 4.66. The van der Waals surface area contributed by atoms with E-state index in [-0.39, 0.29) is 12.4 Å². The summed E-state index contributed by atoms with van der Waals surface area (Å²) in [6, 6.07) is 0. The molecular weight excluding hydrogens is 146 g/mol. The standard InChI is InChI=1S/C4H9NO3.ClH/c1-4(2,7)3(6)8-5;/h7H,5H2,1-2H3;1H. The van der Waals surface area contributed by atoms with E-state index in [4.69, 9.17) is 5.11 Å². The van der Waals surface area contributed by atoms with Gasteiger partial charge in [-0.05, 0) is 13.8 Å². The van der Waals surface area contributed by atoms with Crippen LogP contribution < -0.4 is 5.90 Å². The molecule has 0 amide bonds. The van der Waals surface area contributed by atoms with Crippen molar-refractivity contribution in [3.63, 3.8) is 0 Å². The van der Waals surface area contributed by atoms with Crippen LogP contribution in [0.15, 0.2) is 0 Å². The van der Waals surface area contributed by atoms with Crippen LogP contribution in [0.4, 0.5) is 0 Å². The van der Waals surface area contributed by atoms with Crippen LogP contribution in [0.5, 0.6) is 0 Å². The number of carbonyl (C=O) groups excluding carboxylic acids is 1. The molecule has 0 aliphatic carbocycles. The predicted octanol–water partition coefficient (Wildman–Crippen LogP) is -0.404. The van der Waals surface area contributed by atoms with Crippen LogP contribution >= 0.6 is 12.4 Å². The van der Waals surface area contributed by atoms with Gasteiger partial charge in [-0.3, -0.25) is 0 Å². The monoisotopic (exact) mass is 155 g/mol. The molecule has 0 saturated heterocycles. The molecule has 0 saturated carbocycles. The second-order valence-electron chi connectivity index (χ2n) is 1.96. The highest BCUT2D eigenvalue weighted by molar-refractivity contribution is 5.85. The third-order valence-corrected chi connectivity index (χ3v) is 0.607. The van der Waals surface area contributed by atoms with Crippen LogP contribution in [-0.2, 0) is 9.63 Å². The first-order valence-electron chi connectivity index (χ1n) is 2.12. The van der Waals surface area contributed by atoms with E-state index in [0.29, 0.717) is 0 Å². The summed E-state index contributed by atoms with van der Waals surface area (Å²) in [5, 5.41) is 8.73. The number of nitrogens with two attached hydrogens (primary N) is 1. The van der Waals surface area contributed by atoms with Crippen LogP contribution in [0, 0.1) is 0 Å². The number of rotatable bonds is 1. The second-order valence-corrected chi connectivity index (χ2v) is 1.96. The van der Waals surface area contributed by atoms with Crippen LogP contribution in [0.1, 0.15) is 13.8 Å². The zero-order valence-corrected chi connectivity index (χ0v) is 6.07. The average molecular weight is 156 g/mol. The van der Waals surface area contributed by atoms with E-state index in [1.54, 1.807) is 0 Å². The van der Waals surface area contributed by atoms with Crippen molar-refractivity contribution in [1.29, 1.82) is 0 Å². The Morgan fingerprint density at radius 2 is 2.00 bits per heavy atom. The second kappa shape index (κ2) is 3.66. The van der Waals surface area contributed by atoms with E-state index < -0.39 is 11.6 Å². The molecule has 0 heterocycles. The lowest BCUT2D eigenvalue weighted by molar-refractivity contribution is -0.162. The van der Waals surface area contributed by atoms with Crippen LogP contribution in [0.2, 0.25) is 0 Å². The number of aliphatic hydroxyl groups is 1. The van der Waals surface area contributed by atoms with Gasteiger partial charge in [0.15, 0.2) is 5.60 Å². The van der Waals surface area contributed by atoms with Gasteiger partial charge in [0, 0.05) is 0 Å². The lowest BCUT2D eigenvalue weighted by Gasteiger charge is -2.11. The zero-order valence-electron chi connectivity index (χ0n) is 5.25. The van der Waals surface area contributed by atoms with Crippen molar-refractivity contribution in [3.8, 4) is 0 Å². The summed E-state index contributed by atoms with van der Waals surface area (Å²) in [5.41, 5.74) is -1.48. The molecule has 0 aliphatic rings. The van der Waals surface area contributed by atoms with Gasteiger partial charge in [0.25, 0.3) is 0 Å². The van der Waals surface area contributed by atoms with Gasteiger partial charge in [0.2, 0.25) is 0 Å². The first kappa shape index (κ1) is 11.5. The molecule has 0 aliphatic heterocycles. The Morgan fingerprint density at radius 3 is 2.00 bits per heavy atom. The molecule has 0 fully saturated rings. The summed E-state index contributed by atoms with van der Waals surface area (Å²) in [6.07, 6.45) is 0. The smallest absolute Gasteiger partial charge is 0.355 e. The van der Waals surface area contributed by atoms with Gasteiger partial charge in [-0.1, -0.05) is 0 Å². The van der Waals surface area contributed by atoms with Crippen molar-refractivity contribution in [2.24, 2.45) is 5.90 Å². The lowest BCUT2D eigenvalue weighted by atomic mass is 10.1. The van der Waals surface area contributed by atoms with Gasteiger partial charge in [-0.2, -0.15) is 5.90 Å². The van der Waals surface area contributed by atoms with Crippen LogP contribution in [0.25, 0.3) is 0 Å². The van der Waals surface area contributed by atoms with Crippen molar-refractivity contribution < 1.29 is 14.7 Å². The summed E-state index contributed by atoms with van der Waals surface area (Å²) in [7, 11) is 0. The lowest BCUT2D eigenvalue weighted by Crippen LogP contribution is -2.34. The van der Waals surface area contributed by atoms with E-state index in [2.05, 4.69) is 10.7 Å². The summed E-state index contributed by atoms with van der Waals surface area (Å²) in [6.45, 7) is 2.59. The van der Waals surface area contributed by atoms with E-state index in [9.17, 15) is 4.79 Å². The molecule has 56 valence electrons. The fourth-order valence-electron chi connectivity index (χ4n) is 0.144. The summed E-state index contributed by atoms with van der Waals surface area (Å²) in [5.74, 6) is 3.61. The summed E-state index contributed by atoms with van der Waals surface area (Å²) in [4.78, 5) is 14.0. The predicted molar refractivity (Wildman–Crippen MR) is 33.8 cm³/mol. The molecule has 3 N–H and O–H groups in total. The quantitative estimate of drug-likeness (QED) is 0.506. The summed E-state index contributed by atoms with van der Waals surface area (Å²) >= 11 is 0. The highest BCUT2D eigenvalue weighted by Crippen LogP contribution is 2.00. The Morgan fingerprint density at radius 1 is 1.67 bits per heavy atom. The van der Waals surface area contributed by atoms with Crippen LogP contribution in [0.3, 0.4) is 0 Å². The van der Waals surface area contributed by atoms with Crippen molar-refractivity contribution in [1.82, 2.24) is 0 Å². The SMILES string of the molecule is CC(C)(O)C(=O)ON.Cl. The molecule has 0 spiro atoms. The molecule has 4 nitrogen and oxygen atoms in total. The molecule has 0 bridgehead atoms. The van der Waals surface area contributed by atoms with E-state index in [1.165, 1.54) is 13.8 Å². The molecule has 0 aromatic rings. The summed E-state index contributed by atoms with van der Waals surface area (Å²) < 4.78 is 0. The minimum atomic E-state index is -1.48. The molecule has 0 rings (SSSR count). The first-order chi connectivity index (χ1) is 3.48. The topological polar surface area (TPSA) is 72.5 Å². The Bertz CT molecular complexity index is 98.5. The number of hydrogen-bond donors (Lipinski definition) is 2. The molecule has 0 aromatic carbocycles. The maximum absolute atomic E-state index is 10.2. The number of hydrogen-bond acceptors (Lipinski definition) is 4. The van der Waals surface area contributed by atoms with Gasteiger partial charge in [0.1, 0.15) is 0 Å². The molecule has 0 aromatic heterocycles. The average Bonchev–Trinajstić information content (AvgIpc) is 1.62. The molecule has 9 heavy (non-hydrogen) atoms. The minimum absolute atomic E-state index is 0. The van der Waals surface area contributed by atoms with Crippen molar-refractivity contribution in [2.45, 2.75) is 19.4 Å². The van der Waals surface area contributed by atoms with Crippen molar-refractivity contribution in [2.75, 3.05) is 0 Å². The van der Waals surface area contributed by atoms with Gasteiger partial charge >= 0.3 is 5.97 Å². The van der Waals surface area contributed by atoms with E-state index in [0.717, 1.165) is 0 Å². The third-order valence-electron chi connectivity index (χ3n) is 0.607. The molecule has 0 radical (unpaired) electrons. The van der Waals surface area contributed by atoms with Gasteiger partial charge < -0.3 is 9.94 Å². The Labute approximate surface area is 59.4 Å². The fourth-order valence-corrected chi connectivity index (χ4v) is 0.144. The maximum atomic E-state index is 10.2. The van der Waals surface area contributed by atoms with Gasteiger partial charge in [-0.15, -0.1) is 12.4 Å². The van der Waals surface area contributed by atoms with Crippen molar-refractivity contribution in [3.05, 3.63) is 0 Å². The highest BCUT2D eigenvalue weighted by atomic mass is 35.5. The number of carbonyl (C=O) groups is 1. The highest BCUT2D eigenvalue weighted by Gasteiger charge is 2.24. The Balaban J connectivity index is 0. The third kappa shape index (κ3) is 4.20.